The fourth-order valence-corrected chi connectivity index (χ4v) is 5.76. The zero-order chi connectivity index (χ0) is 29.2. The minimum absolute atomic E-state index is 0.0811. The number of anilines is 2. The third-order valence-corrected chi connectivity index (χ3v) is 8.02. The van der Waals surface area contributed by atoms with Crippen molar-refractivity contribution in [2.24, 2.45) is 11.8 Å². The average Bonchev–Trinajstić information content (AvgIpc) is 3.39. The van der Waals surface area contributed by atoms with Gasteiger partial charge >= 0.3 is 5.97 Å². The van der Waals surface area contributed by atoms with Crippen molar-refractivity contribution in [3.8, 4) is 28.2 Å². The molecule has 0 atom stereocenters. The summed E-state index contributed by atoms with van der Waals surface area (Å²) in [5.74, 6) is 0.947. The zero-order valence-electron chi connectivity index (χ0n) is 23.6. The summed E-state index contributed by atoms with van der Waals surface area (Å²) in [6, 6.07) is 23.9. The third-order valence-electron chi connectivity index (χ3n) is 8.02. The molecule has 0 bridgehead atoms. The average molecular weight is 561 g/mol. The molecule has 6 rings (SSSR count). The summed E-state index contributed by atoms with van der Waals surface area (Å²) >= 11 is 0. The summed E-state index contributed by atoms with van der Waals surface area (Å²) in [4.78, 5) is 38.9. The smallest absolute Gasteiger partial charge is 0.308 e. The number of rotatable bonds is 6. The monoisotopic (exact) mass is 560 g/mol. The van der Waals surface area contributed by atoms with E-state index in [0.717, 1.165) is 33.5 Å². The third kappa shape index (κ3) is 5.21. The van der Waals surface area contributed by atoms with E-state index in [1.54, 1.807) is 6.20 Å². The molecule has 0 spiro atoms. The van der Waals surface area contributed by atoms with Gasteiger partial charge in [0.25, 0.3) is 0 Å². The SMILES string of the molecule is COC(=O)C1CCC(C(=O)Nc2ccc(-n3c(-c4cccnc4N)nc4ccc(-c5ccccc5)cc43)c(C)n2)CC1. The van der Waals surface area contributed by atoms with E-state index in [1.165, 1.54) is 7.11 Å². The molecule has 0 unspecified atom stereocenters. The number of nitrogens with zero attached hydrogens (tertiary/aromatic N) is 4. The van der Waals surface area contributed by atoms with Gasteiger partial charge in [0.2, 0.25) is 5.91 Å². The Balaban J connectivity index is 1.35. The van der Waals surface area contributed by atoms with Crippen molar-refractivity contribution in [3.63, 3.8) is 0 Å². The number of benzene rings is 2. The number of nitrogens with two attached hydrogens (primary N) is 1. The summed E-state index contributed by atoms with van der Waals surface area (Å²) < 4.78 is 6.92. The Kier molecular flexibility index (Phi) is 7.39. The number of fused-ring (bicyclic) bond motifs is 1. The fraction of sp³-hybridized carbons (Fsp3) is 0.242. The highest BCUT2D eigenvalue weighted by atomic mass is 16.5. The number of aryl methyl sites for hydroxylation is 1. The van der Waals surface area contributed by atoms with E-state index in [9.17, 15) is 9.59 Å². The maximum absolute atomic E-state index is 13.1. The van der Waals surface area contributed by atoms with Crippen LogP contribution in [0, 0.1) is 18.8 Å². The van der Waals surface area contributed by atoms with E-state index in [4.69, 9.17) is 20.4 Å². The Morgan fingerprint density at radius 2 is 1.67 bits per heavy atom. The Bertz CT molecular complexity index is 1770. The number of esters is 1. The lowest BCUT2D eigenvalue weighted by molar-refractivity contribution is -0.147. The lowest BCUT2D eigenvalue weighted by Gasteiger charge is -2.26. The highest BCUT2D eigenvalue weighted by Crippen LogP contribution is 2.35. The van der Waals surface area contributed by atoms with Gasteiger partial charge in [0, 0.05) is 12.1 Å². The number of hydrogen-bond acceptors (Lipinski definition) is 7. The van der Waals surface area contributed by atoms with E-state index < -0.39 is 0 Å². The molecule has 9 nitrogen and oxygen atoms in total. The van der Waals surface area contributed by atoms with Gasteiger partial charge in [0.1, 0.15) is 17.5 Å². The van der Waals surface area contributed by atoms with Crippen LogP contribution in [-0.2, 0) is 14.3 Å². The van der Waals surface area contributed by atoms with Crippen molar-refractivity contribution in [3.05, 3.63) is 84.7 Å². The van der Waals surface area contributed by atoms with E-state index in [-0.39, 0.29) is 23.7 Å². The van der Waals surface area contributed by atoms with Crippen LogP contribution in [0.4, 0.5) is 11.6 Å². The molecule has 212 valence electrons. The summed E-state index contributed by atoms with van der Waals surface area (Å²) in [6.45, 7) is 1.91. The molecule has 2 aromatic carbocycles. The molecule has 3 aromatic heterocycles. The molecule has 1 aliphatic carbocycles. The second-order valence-electron chi connectivity index (χ2n) is 10.6. The first-order valence-corrected chi connectivity index (χ1v) is 14.1. The molecule has 1 saturated carbocycles. The minimum Gasteiger partial charge on any atom is -0.469 e. The first-order valence-electron chi connectivity index (χ1n) is 14.1. The highest BCUT2D eigenvalue weighted by Gasteiger charge is 2.30. The molecule has 3 heterocycles. The molecule has 0 saturated heterocycles. The van der Waals surface area contributed by atoms with Gasteiger partial charge in [-0.1, -0.05) is 36.4 Å². The minimum atomic E-state index is -0.197. The van der Waals surface area contributed by atoms with Crippen molar-refractivity contribution in [2.45, 2.75) is 32.6 Å². The van der Waals surface area contributed by atoms with E-state index in [1.807, 2.05) is 55.5 Å². The van der Waals surface area contributed by atoms with Gasteiger partial charge in [0.05, 0.1) is 41.0 Å². The predicted octanol–water partition coefficient (Wildman–Crippen LogP) is 5.96. The first kappa shape index (κ1) is 27.1. The van der Waals surface area contributed by atoms with Gasteiger partial charge < -0.3 is 15.8 Å². The summed E-state index contributed by atoms with van der Waals surface area (Å²) in [5.41, 5.74) is 12.4. The molecule has 1 fully saturated rings. The second kappa shape index (κ2) is 11.4. The molecule has 1 aliphatic rings. The number of imidazole rings is 1. The fourth-order valence-electron chi connectivity index (χ4n) is 5.76. The largest absolute Gasteiger partial charge is 0.469 e. The zero-order valence-corrected chi connectivity index (χ0v) is 23.6. The molecule has 0 radical (unpaired) electrons. The van der Waals surface area contributed by atoms with Crippen LogP contribution in [0.3, 0.4) is 0 Å². The molecule has 9 heteroatoms. The van der Waals surface area contributed by atoms with E-state index >= 15 is 0 Å². The molecule has 42 heavy (non-hydrogen) atoms. The van der Waals surface area contributed by atoms with E-state index in [0.29, 0.717) is 48.7 Å². The van der Waals surface area contributed by atoms with Crippen LogP contribution in [0.5, 0.6) is 0 Å². The van der Waals surface area contributed by atoms with Gasteiger partial charge in [-0.3, -0.25) is 14.2 Å². The molecular formula is C33H32N6O3. The summed E-state index contributed by atoms with van der Waals surface area (Å²) in [6.07, 6.45) is 4.24. The van der Waals surface area contributed by atoms with Crippen molar-refractivity contribution in [2.75, 3.05) is 18.2 Å². The van der Waals surface area contributed by atoms with Crippen molar-refractivity contribution in [1.82, 2.24) is 19.5 Å². The number of hydrogen-bond donors (Lipinski definition) is 2. The first-order chi connectivity index (χ1) is 20.4. The highest BCUT2D eigenvalue weighted by molar-refractivity contribution is 5.92. The number of pyridine rings is 2. The number of nitrogen functional groups attached to an aromatic ring is 1. The number of nitrogens with one attached hydrogen (secondary N) is 1. The van der Waals surface area contributed by atoms with Crippen LogP contribution in [0.2, 0.25) is 0 Å². The van der Waals surface area contributed by atoms with Gasteiger partial charge in [-0.05, 0) is 80.1 Å². The summed E-state index contributed by atoms with van der Waals surface area (Å²) in [5, 5.41) is 2.99. The van der Waals surface area contributed by atoms with Crippen LogP contribution >= 0.6 is 0 Å². The number of carbonyl (C=O) groups excluding carboxylic acids is 2. The quantitative estimate of drug-likeness (QED) is 0.246. The van der Waals surface area contributed by atoms with Gasteiger partial charge in [-0.2, -0.15) is 0 Å². The van der Waals surface area contributed by atoms with Gasteiger partial charge in [0.15, 0.2) is 0 Å². The Labute approximate surface area is 243 Å². The standard InChI is InChI=1S/C33H32N6O3/c1-20-27(16-17-29(36-20)38-32(40)22-10-12-23(13-11-22)33(41)42-2)39-28-19-24(21-7-4-3-5-8-21)14-15-26(28)37-31(39)25-9-6-18-35-30(25)34/h3-9,14-19,22-23H,10-13H2,1-2H3,(H2,34,35)(H,36,38,40). The molecule has 0 aliphatic heterocycles. The van der Waals surface area contributed by atoms with Crippen LogP contribution < -0.4 is 11.1 Å². The second-order valence-corrected chi connectivity index (χ2v) is 10.6. The molecular weight excluding hydrogens is 528 g/mol. The number of aromatic nitrogens is 4. The number of amides is 1. The van der Waals surface area contributed by atoms with Crippen LogP contribution in [0.15, 0.2) is 79.0 Å². The lowest BCUT2D eigenvalue weighted by Crippen LogP contribution is -2.30. The van der Waals surface area contributed by atoms with Crippen LogP contribution in [-0.4, -0.2) is 38.5 Å². The Morgan fingerprint density at radius 3 is 2.38 bits per heavy atom. The Hall–Kier alpha value is -5.05. The van der Waals surface area contributed by atoms with Crippen LogP contribution in [0.1, 0.15) is 31.4 Å². The molecule has 5 aromatic rings. The summed E-state index contributed by atoms with van der Waals surface area (Å²) in [7, 11) is 1.40. The normalized spacial score (nSPS) is 16.7. The Morgan fingerprint density at radius 1 is 0.905 bits per heavy atom. The molecule has 3 N–H and O–H groups in total. The van der Waals surface area contributed by atoms with E-state index in [2.05, 4.69) is 39.1 Å². The predicted molar refractivity (Wildman–Crippen MR) is 163 cm³/mol. The van der Waals surface area contributed by atoms with Gasteiger partial charge in [-0.15, -0.1) is 0 Å². The maximum Gasteiger partial charge on any atom is 0.308 e. The molecule has 1 amide bonds. The van der Waals surface area contributed by atoms with Gasteiger partial charge in [-0.25, -0.2) is 15.0 Å². The number of methoxy groups -OCH3 is 1. The lowest BCUT2D eigenvalue weighted by atomic mass is 9.81. The van der Waals surface area contributed by atoms with Crippen molar-refractivity contribution >= 4 is 34.5 Å². The van der Waals surface area contributed by atoms with Crippen molar-refractivity contribution in [1.29, 1.82) is 0 Å². The number of ether oxygens (including phenoxy) is 1. The number of carbonyl (C=O) groups is 2. The van der Waals surface area contributed by atoms with Crippen LogP contribution in [0.25, 0.3) is 39.2 Å². The maximum atomic E-state index is 13.1. The van der Waals surface area contributed by atoms with Crippen molar-refractivity contribution < 1.29 is 14.3 Å². The topological polar surface area (TPSA) is 125 Å².